The summed E-state index contributed by atoms with van der Waals surface area (Å²) in [5, 5.41) is 0. The van der Waals surface area contributed by atoms with Crippen molar-refractivity contribution in [3.8, 4) is 11.5 Å². The molecule has 4 heteroatoms. The summed E-state index contributed by atoms with van der Waals surface area (Å²) in [5.41, 5.74) is 8.02. The van der Waals surface area contributed by atoms with E-state index in [9.17, 15) is 4.39 Å². The van der Waals surface area contributed by atoms with Crippen molar-refractivity contribution in [1.82, 2.24) is 4.98 Å². The highest BCUT2D eigenvalue weighted by atomic mass is 19.1. The predicted molar refractivity (Wildman–Crippen MR) is 72.7 cm³/mol. The van der Waals surface area contributed by atoms with E-state index in [1.165, 1.54) is 12.1 Å². The number of benzene rings is 1. The molecule has 0 fully saturated rings. The third-order valence-corrected chi connectivity index (χ3v) is 2.80. The summed E-state index contributed by atoms with van der Waals surface area (Å²) >= 11 is 0. The number of hydrogen-bond acceptors (Lipinski definition) is 3. The second-order valence-corrected chi connectivity index (χ2v) is 4.35. The molecule has 0 radical (unpaired) electrons. The Balaban J connectivity index is 2.33. The fourth-order valence-corrected chi connectivity index (χ4v) is 1.87. The number of nitrogens with two attached hydrogens (primary N) is 1. The maximum Gasteiger partial charge on any atom is 0.148 e. The summed E-state index contributed by atoms with van der Waals surface area (Å²) in [4.78, 5) is 4.41. The molecule has 0 unspecified atom stereocenters. The van der Waals surface area contributed by atoms with Gasteiger partial charge >= 0.3 is 0 Å². The summed E-state index contributed by atoms with van der Waals surface area (Å²) in [6.07, 6.45) is 0.760. The summed E-state index contributed by atoms with van der Waals surface area (Å²) in [5.74, 6) is 0.749. The first-order valence-corrected chi connectivity index (χ1v) is 6.26. The van der Waals surface area contributed by atoms with Crippen molar-refractivity contribution in [3.63, 3.8) is 0 Å². The van der Waals surface area contributed by atoms with Gasteiger partial charge in [-0.1, -0.05) is 6.92 Å². The Hall–Kier alpha value is -1.94. The van der Waals surface area contributed by atoms with Gasteiger partial charge in [0.05, 0.1) is 5.69 Å². The van der Waals surface area contributed by atoms with E-state index in [4.69, 9.17) is 10.5 Å². The molecule has 0 saturated heterocycles. The van der Waals surface area contributed by atoms with Crippen molar-refractivity contribution in [2.45, 2.75) is 26.8 Å². The molecule has 0 atom stereocenters. The van der Waals surface area contributed by atoms with Gasteiger partial charge in [0.2, 0.25) is 0 Å². The van der Waals surface area contributed by atoms with Gasteiger partial charge in [-0.2, -0.15) is 0 Å². The number of halogens is 1. The lowest BCUT2D eigenvalue weighted by molar-refractivity contribution is 0.466. The normalized spacial score (nSPS) is 10.5. The predicted octanol–water partition coefficient (Wildman–Crippen LogP) is 3.34. The van der Waals surface area contributed by atoms with E-state index in [-0.39, 0.29) is 12.4 Å². The standard InChI is InChI=1S/C15H17FN2O/c1-3-14-15(5-4-10(2)18-14)19-13-7-11(9-17)6-12(16)8-13/h4-8H,3,9,17H2,1-2H3. The quantitative estimate of drug-likeness (QED) is 0.917. The lowest BCUT2D eigenvalue weighted by Gasteiger charge is -2.11. The van der Waals surface area contributed by atoms with Crippen LogP contribution >= 0.6 is 0 Å². The Morgan fingerprint density at radius 2 is 2.05 bits per heavy atom. The first kappa shape index (κ1) is 13.5. The molecule has 1 aromatic heterocycles. The van der Waals surface area contributed by atoms with E-state index in [0.29, 0.717) is 17.1 Å². The number of ether oxygens (including phenoxy) is 1. The lowest BCUT2D eigenvalue weighted by atomic mass is 10.2. The second-order valence-electron chi connectivity index (χ2n) is 4.35. The maximum atomic E-state index is 13.4. The van der Waals surface area contributed by atoms with Gasteiger partial charge in [0.1, 0.15) is 17.3 Å². The van der Waals surface area contributed by atoms with Gasteiger partial charge in [-0.3, -0.25) is 4.98 Å². The number of aryl methyl sites for hydroxylation is 2. The second kappa shape index (κ2) is 5.80. The minimum atomic E-state index is -0.351. The molecule has 2 N–H and O–H groups in total. The molecular weight excluding hydrogens is 243 g/mol. The Bertz CT molecular complexity index is 584. The SMILES string of the molecule is CCc1nc(C)ccc1Oc1cc(F)cc(CN)c1. The van der Waals surface area contributed by atoms with E-state index in [2.05, 4.69) is 4.98 Å². The first-order valence-electron chi connectivity index (χ1n) is 6.26. The molecule has 19 heavy (non-hydrogen) atoms. The summed E-state index contributed by atoms with van der Waals surface area (Å²) in [7, 11) is 0. The van der Waals surface area contributed by atoms with Crippen LogP contribution in [0.2, 0.25) is 0 Å². The molecule has 3 nitrogen and oxygen atoms in total. The zero-order valence-corrected chi connectivity index (χ0v) is 11.1. The number of rotatable bonds is 4. The van der Waals surface area contributed by atoms with Crippen LogP contribution in [0.4, 0.5) is 4.39 Å². The highest BCUT2D eigenvalue weighted by Gasteiger charge is 2.07. The molecular formula is C15H17FN2O. The fraction of sp³-hybridized carbons (Fsp3) is 0.267. The van der Waals surface area contributed by atoms with Crippen molar-refractivity contribution in [1.29, 1.82) is 0 Å². The van der Waals surface area contributed by atoms with Crippen LogP contribution < -0.4 is 10.5 Å². The van der Waals surface area contributed by atoms with Crippen LogP contribution in [0.5, 0.6) is 11.5 Å². The van der Waals surface area contributed by atoms with E-state index < -0.39 is 0 Å². The molecule has 0 amide bonds. The minimum Gasteiger partial charge on any atom is -0.455 e. The molecule has 100 valence electrons. The van der Waals surface area contributed by atoms with Gasteiger partial charge in [-0.15, -0.1) is 0 Å². The molecule has 0 aliphatic rings. The number of nitrogens with zero attached hydrogens (tertiary/aromatic N) is 1. The van der Waals surface area contributed by atoms with Crippen LogP contribution in [0.3, 0.4) is 0 Å². The van der Waals surface area contributed by atoms with Crippen LogP contribution in [0.1, 0.15) is 23.9 Å². The van der Waals surface area contributed by atoms with Crippen LogP contribution in [0, 0.1) is 12.7 Å². The van der Waals surface area contributed by atoms with E-state index in [0.717, 1.165) is 17.8 Å². The molecule has 0 saturated carbocycles. The van der Waals surface area contributed by atoms with Crippen molar-refractivity contribution in [2.24, 2.45) is 5.73 Å². The Kier molecular flexibility index (Phi) is 4.12. The Labute approximate surface area is 112 Å². The van der Waals surface area contributed by atoms with Crippen LogP contribution in [-0.4, -0.2) is 4.98 Å². The van der Waals surface area contributed by atoms with Crippen molar-refractivity contribution < 1.29 is 9.13 Å². The molecule has 0 aliphatic carbocycles. The number of hydrogen-bond donors (Lipinski definition) is 1. The molecule has 2 aromatic rings. The smallest absolute Gasteiger partial charge is 0.148 e. The highest BCUT2D eigenvalue weighted by Crippen LogP contribution is 2.26. The van der Waals surface area contributed by atoms with Gasteiger partial charge in [0, 0.05) is 18.3 Å². The van der Waals surface area contributed by atoms with Crippen molar-refractivity contribution >= 4 is 0 Å². The van der Waals surface area contributed by atoms with E-state index >= 15 is 0 Å². The zero-order valence-electron chi connectivity index (χ0n) is 11.1. The number of pyridine rings is 1. The van der Waals surface area contributed by atoms with Crippen molar-refractivity contribution in [2.75, 3.05) is 0 Å². The molecule has 0 aliphatic heterocycles. The van der Waals surface area contributed by atoms with E-state index in [1.807, 2.05) is 26.0 Å². The molecule has 0 spiro atoms. The Morgan fingerprint density at radius 1 is 1.26 bits per heavy atom. The Morgan fingerprint density at radius 3 is 2.74 bits per heavy atom. The van der Waals surface area contributed by atoms with Gasteiger partial charge in [-0.25, -0.2) is 4.39 Å². The molecule has 0 bridgehead atoms. The maximum absolute atomic E-state index is 13.4. The highest BCUT2D eigenvalue weighted by molar-refractivity contribution is 5.37. The minimum absolute atomic E-state index is 0.279. The fourth-order valence-electron chi connectivity index (χ4n) is 1.87. The van der Waals surface area contributed by atoms with Gasteiger partial charge < -0.3 is 10.5 Å². The van der Waals surface area contributed by atoms with E-state index in [1.54, 1.807) is 6.07 Å². The number of aromatic nitrogens is 1. The van der Waals surface area contributed by atoms with Gasteiger partial charge in [0.15, 0.2) is 0 Å². The van der Waals surface area contributed by atoms with Crippen LogP contribution in [-0.2, 0) is 13.0 Å². The molecule has 1 heterocycles. The largest absolute Gasteiger partial charge is 0.455 e. The average molecular weight is 260 g/mol. The monoisotopic (exact) mass is 260 g/mol. The topological polar surface area (TPSA) is 48.1 Å². The zero-order chi connectivity index (χ0) is 13.8. The average Bonchev–Trinajstić information content (AvgIpc) is 2.40. The first-order chi connectivity index (χ1) is 9.12. The van der Waals surface area contributed by atoms with Crippen molar-refractivity contribution in [3.05, 3.63) is 53.1 Å². The summed E-state index contributed by atoms with van der Waals surface area (Å²) in [6.45, 7) is 4.21. The third kappa shape index (κ3) is 3.29. The third-order valence-electron chi connectivity index (χ3n) is 2.80. The van der Waals surface area contributed by atoms with Gasteiger partial charge in [-0.05, 0) is 43.2 Å². The summed E-state index contributed by atoms with van der Waals surface area (Å²) in [6, 6.07) is 8.22. The van der Waals surface area contributed by atoms with Crippen LogP contribution in [0.25, 0.3) is 0 Å². The van der Waals surface area contributed by atoms with Crippen LogP contribution in [0.15, 0.2) is 30.3 Å². The molecule has 1 aromatic carbocycles. The van der Waals surface area contributed by atoms with Gasteiger partial charge in [0.25, 0.3) is 0 Å². The lowest BCUT2D eigenvalue weighted by Crippen LogP contribution is -1.99. The summed E-state index contributed by atoms with van der Waals surface area (Å²) < 4.78 is 19.1. The molecule has 2 rings (SSSR count).